The van der Waals surface area contributed by atoms with Crippen molar-refractivity contribution >= 4 is 17.6 Å². The molecule has 0 aliphatic carbocycles. The van der Waals surface area contributed by atoms with Gasteiger partial charge in [-0.3, -0.25) is 14.9 Å². The molecule has 0 amide bonds. The summed E-state index contributed by atoms with van der Waals surface area (Å²) in [5.74, 6) is -4.64. The van der Waals surface area contributed by atoms with Crippen LogP contribution in [0.3, 0.4) is 0 Å². The molecule has 166 valence electrons. The van der Waals surface area contributed by atoms with Crippen LogP contribution in [-0.4, -0.2) is 30.1 Å². The number of hydrogen-bond donors (Lipinski definition) is 1. The Bertz CT molecular complexity index is 920. The fourth-order valence-corrected chi connectivity index (χ4v) is 3.10. The molecule has 1 heterocycles. The summed E-state index contributed by atoms with van der Waals surface area (Å²) in [5, 5.41) is 21.0. The third kappa shape index (κ3) is 5.51. The minimum absolute atomic E-state index is 0.105. The number of rotatable bonds is 10. The van der Waals surface area contributed by atoms with E-state index in [0.717, 1.165) is 18.9 Å². The van der Waals surface area contributed by atoms with Crippen LogP contribution in [0.15, 0.2) is 29.7 Å². The normalized spacial score (nSPS) is 15.8. The van der Waals surface area contributed by atoms with Gasteiger partial charge in [0.1, 0.15) is 11.3 Å². The highest BCUT2D eigenvalue weighted by Gasteiger charge is 2.44. The summed E-state index contributed by atoms with van der Waals surface area (Å²) in [6.07, 6.45) is 2.76. The van der Waals surface area contributed by atoms with Crippen molar-refractivity contribution in [3.63, 3.8) is 0 Å². The van der Waals surface area contributed by atoms with E-state index >= 15 is 0 Å². The molecule has 2 N–H and O–H groups in total. The van der Waals surface area contributed by atoms with Crippen molar-refractivity contribution < 1.29 is 28.7 Å². The van der Waals surface area contributed by atoms with Gasteiger partial charge in [-0.1, -0.05) is 26.7 Å². The van der Waals surface area contributed by atoms with Crippen molar-refractivity contribution in [2.24, 2.45) is 11.7 Å². The van der Waals surface area contributed by atoms with Crippen molar-refractivity contribution in [3.05, 3.63) is 45.3 Å². The molecule has 0 saturated heterocycles. The summed E-state index contributed by atoms with van der Waals surface area (Å²) in [6, 6.07) is 5.54. The van der Waals surface area contributed by atoms with Gasteiger partial charge in [0.25, 0.3) is 5.69 Å². The van der Waals surface area contributed by atoms with E-state index < -0.39 is 28.7 Å². The first-order valence-corrected chi connectivity index (χ1v) is 10.0. The summed E-state index contributed by atoms with van der Waals surface area (Å²) < 4.78 is 15.9. The van der Waals surface area contributed by atoms with Gasteiger partial charge in [-0.05, 0) is 18.9 Å². The van der Waals surface area contributed by atoms with Gasteiger partial charge in [0, 0.05) is 17.7 Å². The van der Waals surface area contributed by atoms with Gasteiger partial charge < -0.3 is 19.9 Å². The summed E-state index contributed by atoms with van der Waals surface area (Å²) >= 11 is 0. The van der Waals surface area contributed by atoms with Crippen molar-refractivity contribution in [2.75, 3.05) is 13.2 Å². The van der Waals surface area contributed by atoms with Crippen molar-refractivity contribution in [3.8, 4) is 11.8 Å². The molecule has 1 aliphatic rings. The van der Waals surface area contributed by atoms with E-state index in [4.69, 9.17) is 19.9 Å². The van der Waals surface area contributed by atoms with E-state index in [9.17, 15) is 25.0 Å². The fourth-order valence-electron chi connectivity index (χ4n) is 3.10. The average molecular weight is 431 g/mol. The number of fused-ring (bicyclic) bond motifs is 1. The Labute approximate surface area is 179 Å². The SMILES string of the molecule is CCCCOC(=O)C1=C(N)Oc2ccc([N+](=O)[O-])cc2[C@@H]1[C@H](C#N)C(=O)OCCCC. The molecule has 1 aromatic carbocycles. The summed E-state index contributed by atoms with van der Waals surface area (Å²) in [4.78, 5) is 36.1. The predicted octanol–water partition coefficient (Wildman–Crippen LogP) is 3.07. The quantitative estimate of drug-likeness (QED) is 0.254. The number of unbranched alkanes of at least 4 members (excludes halogenated alkanes) is 2. The monoisotopic (exact) mass is 431 g/mol. The second-order valence-electron chi connectivity index (χ2n) is 6.95. The second kappa shape index (κ2) is 11.0. The summed E-state index contributed by atoms with van der Waals surface area (Å²) in [5.41, 5.74) is 5.56. The van der Waals surface area contributed by atoms with Crippen LogP contribution in [0, 0.1) is 27.4 Å². The second-order valence-corrected chi connectivity index (χ2v) is 6.95. The van der Waals surface area contributed by atoms with Gasteiger partial charge in [-0.2, -0.15) is 5.26 Å². The smallest absolute Gasteiger partial charge is 0.340 e. The maximum absolute atomic E-state index is 12.8. The average Bonchev–Trinajstić information content (AvgIpc) is 2.74. The van der Waals surface area contributed by atoms with Crippen LogP contribution in [0.2, 0.25) is 0 Å². The van der Waals surface area contributed by atoms with Crippen LogP contribution in [0.1, 0.15) is 51.0 Å². The lowest BCUT2D eigenvalue weighted by molar-refractivity contribution is -0.385. The number of hydrogen-bond acceptors (Lipinski definition) is 9. The summed E-state index contributed by atoms with van der Waals surface area (Å²) in [6.45, 7) is 4.05. The van der Waals surface area contributed by atoms with Crippen LogP contribution < -0.4 is 10.5 Å². The van der Waals surface area contributed by atoms with Gasteiger partial charge >= 0.3 is 11.9 Å². The largest absolute Gasteiger partial charge is 0.465 e. The first-order valence-electron chi connectivity index (χ1n) is 10.0. The van der Waals surface area contributed by atoms with Crippen LogP contribution in [0.25, 0.3) is 0 Å². The Morgan fingerprint density at radius 3 is 2.48 bits per heavy atom. The van der Waals surface area contributed by atoms with E-state index in [0.29, 0.717) is 12.8 Å². The zero-order chi connectivity index (χ0) is 23.0. The maximum atomic E-state index is 12.8. The molecule has 0 bridgehead atoms. The number of nitrogens with zero attached hydrogens (tertiary/aromatic N) is 2. The number of benzene rings is 1. The molecule has 0 aromatic heterocycles. The first kappa shape index (κ1) is 23.7. The third-order valence-electron chi connectivity index (χ3n) is 4.76. The Hall–Kier alpha value is -3.61. The number of esters is 2. The van der Waals surface area contributed by atoms with Gasteiger partial charge in [0.05, 0.1) is 30.1 Å². The Balaban J connectivity index is 2.53. The molecule has 10 heteroatoms. The molecule has 0 spiro atoms. The molecule has 1 aromatic rings. The molecule has 0 saturated carbocycles. The minimum atomic E-state index is -1.48. The topological polar surface area (TPSA) is 155 Å². The number of carbonyl (C=O) groups is 2. The number of non-ortho nitro benzene ring substituents is 1. The van der Waals surface area contributed by atoms with Crippen LogP contribution in [0.4, 0.5) is 5.69 Å². The molecule has 0 fully saturated rings. The van der Waals surface area contributed by atoms with E-state index in [-0.39, 0.29) is 41.7 Å². The Kier molecular flexibility index (Phi) is 8.37. The molecule has 1 aliphatic heterocycles. The van der Waals surface area contributed by atoms with Crippen LogP contribution in [0.5, 0.6) is 5.75 Å². The number of carbonyl (C=O) groups excluding carboxylic acids is 2. The molecule has 2 rings (SSSR count). The van der Waals surface area contributed by atoms with E-state index in [1.54, 1.807) is 0 Å². The predicted molar refractivity (Wildman–Crippen MR) is 109 cm³/mol. The maximum Gasteiger partial charge on any atom is 0.340 e. The number of nitro benzene ring substituents is 1. The highest BCUT2D eigenvalue weighted by Crippen LogP contribution is 2.44. The Morgan fingerprint density at radius 2 is 1.90 bits per heavy atom. The number of ether oxygens (including phenoxy) is 3. The highest BCUT2D eigenvalue weighted by atomic mass is 16.6. The van der Waals surface area contributed by atoms with Crippen molar-refractivity contribution in [1.82, 2.24) is 0 Å². The lowest BCUT2D eigenvalue weighted by Crippen LogP contribution is -2.34. The molecular weight excluding hydrogens is 406 g/mol. The fraction of sp³-hybridized carbons (Fsp3) is 0.476. The number of nitriles is 1. The zero-order valence-electron chi connectivity index (χ0n) is 17.5. The van der Waals surface area contributed by atoms with Gasteiger partial charge in [0.2, 0.25) is 5.88 Å². The van der Waals surface area contributed by atoms with E-state index in [1.165, 1.54) is 12.1 Å². The zero-order valence-corrected chi connectivity index (χ0v) is 17.5. The van der Waals surface area contributed by atoms with E-state index in [2.05, 4.69) is 0 Å². The molecule has 0 unspecified atom stereocenters. The standard InChI is InChI=1S/C21H25N3O7/c1-3-5-9-29-20(25)15(12-22)17-14-11-13(24(27)28)7-8-16(14)31-19(23)18(17)21(26)30-10-6-4-2/h7-8,11,15,17H,3-6,9-10,23H2,1-2H3/t15-,17+/m0/s1. The molecular formula is C21H25N3O7. The van der Waals surface area contributed by atoms with E-state index in [1.807, 2.05) is 19.9 Å². The number of nitro groups is 1. The van der Waals surface area contributed by atoms with Gasteiger partial charge in [0.15, 0.2) is 5.92 Å². The minimum Gasteiger partial charge on any atom is -0.465 e. The summed E-state index contributed by atoms with van der Waals surface area (Å²) in [7, 11) is 0. The first-order chi connectivity index (χ1) is 14.8. The number of nitrogens with two attached hydrogens (primary N) is 1. The lowest BCUT2D eigenvalue weighted by Gasteiger charge is -2.29. The molecule has 31 heavy (non-hydrogen) atoms. The highest BCUT2D eigenvalue weighted by molar-refractivity contribution is 5.94. The van der Waals surface area contributed by atoms with Crippen LogP contribution >= 0.6 is 0 Å². The van der Waals surface area contributed by atoms with Crippen molar-refractivity contribution in [2.45, 2.75) is 45.4 Å². The molecule has 0 radical (unpaired) electrons. The van der Waals surface area contributed by atoms with Gasteiger partial charge in [-0.15, -0.1) is 0 Å². The molecule has 2 atom stereocenters. The molecule has 10 nitrogen and oxygen atoms in total. The van der Waals surface area contributed by atoms with Crippen LogP contribution in [-0.2, 0) is 19.1 Å². The Morgan fingerprint density at radius 1 is 1.26 bits per heavy atom. The van der Waals surface area contributed by atoms with Gasteiger partial charge in [-0.25, -0.2) is 4.79 Å². The third-order valence-corrected chi connectivity index (χ3v) is 4.76. The van der Waals surface area contributed by atoms with Crippen molar-refractivity contribution in [1.29, 1.82) is 5.26 Å². The lowest BCUT2D eigenvalue weighted by atomic mass is 9.79.